The molecule has 2 aromatic heterocycles. The number of carbonyl (C=O) groups excluding carboxylic acids is 1. The van der Waals surface area contributed by atoms with Crippen LogP contribution in [0.5, 0.6) is 0 Å². The van der Waals surface area contributed by atoms with Crippen molar-refractivity contribution in [1.82, 2.24) is 9.91 Å². The molecule has 6 heteroatoms. The van der Waals surface area contributed by atoms with Crippen LogP contribution in [0.2, 0.25) is 0 Å². The van der Waals surface area contributed by atoms with Gasteiger partial charge in [0.2, 0.25) is 0 Å². The van der Waals surface area contributed by atoms with E-state index in [0.29, 0.717) is 12.6 Å². The fraction of sp³-hybridized carbons (Fsp3) is 0.500. The van der Waals surface area contributed by atoms with Crippen molar-refractivity contribution in [3.63, 3.8) is 0 Å². The molecule has 3 heterocycles. The van der Waals surface area contributed by atoms with Gasteiger partial charge in [-0.15, -0.1) is 22.7 Å². The number of thiophene rings is 2. The van der Waals surface area contributed by atoms with E-state index >= 15 is 0 Å². The standard InChI is InChI=1S/C20H27N3OS2/c1-14(20(2,3)4)22(5)13-19(24)23-16(18-9-7-11-26-18)12-15(21-23)17-8-6-10-25-17/h6-11,14,16H,12-13H2,1-5H3. The van der Waals surface area contributed by atoms with Crippen molar-refractivity contribution in [2.24, 2.45) is 10.5 Å². The van der Waals surface area contributed by atoms with Crippen molar-refractivity contribution < 1.29 is 4.79 Å². The summed E-state index contributed by atoms with van der Waals surface area (Å²) in [7, 11) is 2.02. The Balaban J connectivity index is 1.80. The largest absolute Gasteiger partial charge is 0.294 e. The molecule has 0 bridgehead atoms. The first kappa shape index (κ1) is 19.3. The third kappa shape index (κ3) is 4.08. The van der Waals surface area contributed by atoms with Crippen LogP contribution >= 0.6 is 22.7 Å². The molecule has 2 atom stereocenters. The van der Waals surface area contributed by atoms with Crippen LogP contribution < -0.4 is 0 Å². The van der Waals surface area contributed by atoms with Gasteiger partial charge in [0, 0.05) is 17.3 Å². The number of likely N-dealkylation sites (N-methyl/N-ethyl adjacent to an activating group) is 1. The second-order valence-corrected chi connectivity index (χ2v) is 9.88. The molecule has 2 unspecified atom stereocenters. The minimum Gasteiger partial charge on any atom is -0.294 e. The van der Waals surface area contributed by atoms with Gasteiger partial charge in [-0.1, -0.05) is 32.9 Å². The van der Waals surface area contributed by atoms with Gasteiger partial charge in [-0.2, -0.15) is 5.10 Å². The summed E-state index contributed by atoms with van der Waals surface area (Å²) in [6.45, 7) is 9.16. The van der Waals surface area contributed by atoms with E-state index in [1.807, 2.05) is 19.2 Å². The Labute approximate surface area is 164 Å². The molecule has 0 saturated heterocycles. The predicted octanol–water partition coefficient (Wildman–Crippen LogP) is 4.85. The number of rotatable bonds is 5. The smallest absolute Gasteiger partial charge is 0.257 e. The van der Waals surface area contributed by atoms with Crippen LogP contribution in [0.25, 0.3) is 0 Å². The molecule has 1 amide bonds. The first-order valence-electron chi connectivity index (χ1n) is 8.94. The topological polar surface area (TPSA) is 35.9 Å². The Morgan fingerprint density at radius 3 is 2.58 bits per heavy atom. The molecule has 0 saturated carbocycles. The molecule has 3 rings (SSSR count). The van der Waals surface area contributed by atoms with Crippen molar-refractivity contribution >= 4 is 34.3 Å². The Kier molecular flexibility index (Phi) is 5.65. The van der Waals surface area contributed by atoms with Gasteiger partial charge in [0.05, 0.1) is 23.2 Å². The summed E-state index contributed by atoms with van der Waals surface area (Å²) in [5.74, 6) is 0.0635. The minimum atomic E-state index is 0.0120. The lowest BCUT2D eigenvalue weighted by Crippen LogP contribution is -2.45. The summed E-state index contributed by atoms with van der Waals surface area (Å²) in [5.41, 5.74) is 1.14. The number of amides is 1. The van der Waals surface area contributed by atoms with Crippen molar-refractivity contribution in [3.05, 3.63) is 44.8 Å². The van der Waals surface area contributed by atoms with Crippen molar-refractivity contribution in [2.45, 2.75) is 46.2 Å². The normalized spacial score (nSPS) is 19.1. The van der Waals surface area contributed by atoms with Gasteiger partial charge in [0.25, 0.3) is 5.91 Å². The molecule has 0 N–H and O–H groups in total. The van der Waals surface area contributed by atoms with E-state index < -0.39 is 0 Å². The van der Waals surface area contributed by atoms with Crippen LogP contribution in [0, 0.1) is 5.41 Å². The fourth-order valence-electron chi connectivity index (χ4n) is 3.12. The highest BCUT2D eigenvalue weighted by Crippen LogP contribution is 2.36. The third-order valence-corrected chi connectivity index (χ3v) is 7.03. The van der Waals surface area contributed by atoms with E-state index in [2.05, 4.69) is 55.5 Å². The number of nitrogens with zero attached hydrogens (tertiary/aromatic N) is 3. The van der Waals surface area contributed by atoms with Gasteiger partial charge in [-0.25, -0.2) is 5.01 Å². The molecule has 0 spiro atoms. The Morgan fingerprint density at radius 2 is 2.00 bits per heavy atom. The second kappa shape index (κ2) is 7.62. The summed E-state index contributed by atoms with van der Waals surface area (Å²) >= 11 is 3.37. The van der Waals surface area contributed by atoms with Crippen LogP contribution in [-0.2, 0) is 4.79 Å². The van der Waals surface area contributed by atoms with Crippen molar-refractivity contribution in [2.75, 3.05) is 13.6 Å². The van der Waals surface area contributed by atoms with Gasteiger partial charge in [0.1, 0.15) is 0 Å². The average molecular weight is 390 g/mol. The first-order valence-corrected chi connectivity index (χ1v) is 10.7. The lowest BCUT2D eigenvalue weighted by atomic mass is 9.87. The maximum Gasteiger partial charge on any atom is 0.257 e. The highest BCUT2D eigenvalue weighted by molar-refractivity contribution is 7.12. The number of hydrazone groups is 1. The quantitative estimate of drug-likeness (QED) is 0.732. The maximum atomic E-state index is 13.1. The zero-order valence-electron chi connectivity index (χ0n) is 16.1. The zero-order chi connectivity index (χ0) is 18.9. The first-order chi connectivity index (χ1) is 12.3. The Hall–Kier alpha value is -1.50. The monoisotopic (exact) mass is 389 g/mol. The van der Waals surface area contributed by atoms with E-state index in [1.165, 1.54) is 4.88 Å². The Bertz CT molecular complexity index is 760. The molecule has 4 nitrogen and oxygen atoms in total. The van der Waals surface area contributed by atoms with E-state index in [9.17, 15) is 4.79 Å². The van der Waals surface area contributed by atoms with E-state index in [4.69, 9.17) is 5.10 Å². The van der Waals surface area contributed by atoms with Gasteiger partial charge < -0.3 is 0 Å². The third-order valence-electron chi connectivity index (χ3n) is 5.14. The fourth-order valence-corrected chi connectivity index (χ4v) is 4.65. The molecule has 0 aromatic carbocycles. The molecule has 2 aromatic rings. The highest BCUT2D eigenvalue weighted by Gasteiger charge is 2.35. The molecule has 26 heavy (non-hydrogen) atoms. The van der Waals surface area contributed by atoms with Gasteiger partial charge >= 0.3 is 0 Å². The van der Waals surface area contributed by atoms with Gasteiger partial charge in [-0.05, 0) is 42.3 Å². The molecule has 1 aliphatic rings. The SMILES string of the molecule is CC(N(C)CC(=O)N1N=C(c2cccs2)CC1c1cccs1)C(C)(C)C. The summed E-state index contributed by atoms with van der Waals surface area (Å²) in [6, 6.07) is 8.57. The zero-order valence-corrected chi connectivity index (χ0v) is 17.7. The predicted molar refractivity (Wildman–Crippen MR) is 111 cm³/mol. The van der Waals surface area contributed by atoms with Crippen LogP contribution in [0.15, 0.2) is 40.1 Å². The molecular weight excluding hydrogens is 362 g/mol. The van der Waals surface area contributed by atoms with E-state index in [1.54, 1.807) is 27.7 Å². The summed E-state index contributed by atoms with van der Waals surface area (Å²) in [5, 5.41) is 10.6. The van der Waals surface area contributed by atoms with Crippen LogP contribution in [0.1, 0.15) is 49.9 Å². The van der Waals surface area contributed by atoms with Crippen LogP contribution in [-0.4, -0.2) is 41.2 Å². The molecule has 1 aliphatic heterocycles. The lowest BCUT2D eigenvalue weighted by Gasteiger charge is -2.35. The van der Waals surface area contributed by atoms with Crippen molar-refractivity contribution in [1.29, 1.82) is 0 Å². The minimum absolute atomic E-state index is 0.0120. The molecule has 140 valence electrons. The van der Waals surface area contributed by atoms with E-state index in [-0.39, 0.29) is 17.4 Å². The summed E-state index contributed by atoms with van der Waals surface area (Å²) in [6.07, 6.45) is 0.783. The number of carbonyl (C=O) groups is 1. The molecule has 0 fully saturated rings. The molecule has 0 radical (unpaired) electrons. The number of hydrogen-bond donors (Lipinski definition) is 0. The molecular formula is C20H27N3OS2. The maximum absolute atomic E-state index is 13.1. The highest BCUT2D eigenvalue weighted by atomic mass is 32.1. The second-order valence-electron chi connectivity index (χ2n) is 7.95. The summed E-state index contributed by atoms with van der Waals surface area (Å²) < 4.78 is 0. The van der Waals surface area contributed by atoms with Gasteiger partial charge in [0.15, 0.2) is 0 Å². The average Bonchev–Trinajstić information content (AvgIpc) is 3.31. The number of hydrogen-bond acceptors (Lipinski definition) is 5. The van der Waals surface area contributed by atoms with Crippen molar-refractivity contribution in [3.8, 4) is 0 Å². The van der Waals surface area contributed by atoms with E-state index in [0.717, 1.165) is 17.0 Å². The lowest BCUT2D eigenvalue weighted by molar-refractivity contribution is -0.134. The van der Waals surface area contributed by atoms with Gasteiger partial charge in [-0.3, -0.25) is 9.69 Å². The van der Waals surface area contributed by atoms with Crippen LogP contribution in [0.3, 0.4) is 0 Å². The summed E-state index contributed by atoms with van der Waals surface area (Å²) in [4.78, 5) is 17.6. The van der Waals surface area contributed by atoms with Crippen LogP contribution in [0.4, 0.5) is 0 Å². The molecule has 0 aliphatic carbocycles. The Morgan fingerprint density at radius 1 is 1.31 bits per heavy atom.